The van der Waals surface area contributed by atoms with Gasteiger partial charge in [-0.15, -0.1) is 0 Å². The van der Waals surface area contributed by atoms with Gasteiger partial charge in [-0.1, -0.05) is 30.3 Å². The summed E-state index contributed by atoms with van der Waals surface area (Å²) in [4.78, 5) is 26.0. The molecule has 0 bridgehead atoms. The largest absolute Gasteiger partial charge is 0.352 e. The Hall–Kier alpha value is -2.47. The Kier molecular flexibility index (Phi) is 4.61. The fraction of sp³-hybridized carbons (Fsp3) is 0.421. The van der Waals surface area contributed by atoms with Gasteiger partial charge in [0.15, 0.2) is 0 Å². The molecule has 2 heterocycles. The summed E-state index contributed by atoms with van der Waals surface area (Å²) in [6.45, 7) is 3.28. The molecular formula is C19H23N5O. The first kappa shape index (κ1) is 16.0. The lowest BCUT2D eigenvalue weighted by molar-refractivity contribution is -0.127. The molecule has 2 fully saturated rings. The molecule has 1 N–H and O–H groups in total. The monoisotopic (exact) mass is 337 g/mol. The highest BCUT2D eigenvalue weighted by molar-refractivity contribution is 5.83. The molecule has 1 saturated carbocycles. The highest BCUT2D eigenvalue weighted by atomic mass is 16.2. The highest BCUT2D eigenvalue weighted by Crippen LogP contribution is 2.26. The van der Waals surface area contributed by atoms with Gasteiger partial charge in [0.2, 0.25) is 11.9 Å². The van der Waals surface area contributed by atoms with E-state index in [9.17, 15) is 4.79 Å². The maximum Gasteiger partial charge on any atom is 0.242 e. The van der Waals surface area contributed by atoms with Crippen LogP contribution in [-0.4, -0.2) is 53.0 Å². The molecule has 1 aliphatic carbocycles. The number of hydrogen-bond donors (Lipinski definition) is 1. The van der Waals surface area contributed by atoms with Crippen LogP contribution in [0.3, 0.4) is 0 Å². The fourth-order valence-corrected chi connectivity index (χ4v) is 3.31. The molecule has 1 aliphatic heterocycles. The van der Waals surface area contributed by atoms with Gasteiger partial charge >= 0.3 is 0 Å². The molecule has 1 aromatic heterocycles. The lowest BCUT2D eigenvalue weighted by Crippen LogP contribution is -2.51. The van der Waals surface area contributed by atoms with E-state index in [-0.39, 0.29) is 11.9 Å². The smallest absolute Gasteiger partial charge is 0.242 e. The normalized spacial score (nSPS) is 19.4. The zero-order valence-electron chi connectivity index (χ0n) is 14.2. The number of aromatic nitrogens is 2. The summed E-state index contributed by atoms with van der Waals surface area (Å²) in [7, 11) is 0. The van der Waals surface area contributed by atoms with Gasteiger partial charge in [-0.25, -0.2) is 9.97 Å². The highest BCUT2D eigenvalue weighted by Gasteiger charge is 2.33. The third-order valence-electron chi connectivity index (χ3n) is 4.80. The first-order valence-electron chi connectivity index (χ1n) is 8.92. The molecule has 1 aromatic carbocycles. The van der Waals surface area contributed by atoms with Gasteiger partial charge in [0.25, 0.3) is 0 Å². The lowest BCUT2D eigenvalue weighted by atomic mass is 10.0. The molecule has 130 valence electrons. The second-order valence-corrected chi connectivity index (χ2v) is 6.67. The molecular weight excluding hydrogens is 314 g/mol. The van der Waals surface area contributed by atoms with Crippen LogP contribution in [0.15, 0.2) is 48.8 Å². The van der Waals surface area contributed by atoms with Crippen molar-refractivity contribution in [1.29, 1.82) is 0 Å². The molecule has 2 aliphatic rings. The van der Waals surface area contributed by atoms with E-state index in [4.69, 9.17) is 0 Å². The van der Waals surface area contributed by atoms with Crippen molar-refractivity contribution in [2.24, 2.45) is 0 Å². The van der Waals surface area contributed by atoms with Crippen LogP contribution >= 0.6 is 0 Å². The van der Waals surface area contributed by atoms with Crippen molar-refractivity contribution in [3.63, 3.8) is 0 Å². The summed E-state index contributed by atoms with van der Waals surface area (Å²) in [5.74, 6) is 0.888. The van der Waals surface area contributed by atoms with Gasteiger partial charge in [0.05, 0.1) is 0 Å². The zero-order chi connectivity index (χ0) is 17.1. The quantitative estimate of drug-likeness (QED) is 0.898. The molecule has 0 radical (unpaired) electrons. The fourth-order valence-electron chi connectivity index (χ4n) is 3.31. The number of nitrogens with zero attached hydrogens (tertiary/aromatic N) is 4. The number of nitrogens with one attached hydrogen (secondary N) is 1. The minimum Gasteiger partial charge on any atom is -0.352 e. The van der Waals surface area contributed by atoms with Crippen LogP contribution in [0.4, 0.5) is 5.95 Å². The van der Waals surface area contributed by atoms with E-state index >= 15 is 0 Å². The summed E-state index contributed by atoms with van der Waals surface area (Å²) in [5.41, 5.74) is 1.06. The van der Waals surface area contributed by atoms with E-state index in [0.717, 1.165) is 50.5 Å². The predicted octanol–water partition coefficient (Wildman–Crippen LogP) is 1.62. The molecule has 0 unspecified atom stereocenters. The van der Waals surface area contributed by atoms with Crippen LogP contribution in [0.2, 0.25) is 0 Å². The van der Waals surface area contributed by atoms with Crippen molar-refractivity contribution >= 4 is 11.9 Å². The van der Waals surface area contributed by atoms with Crippen molar-refractivity contribution in [2.45, 2.75) is 24.9 Å². The van der Waals surface area contributed by atoms with Crippen LogP contribution < -0.4 is 10.2 Å². The Morgan fingerprint density at radius 2 is 1.68 bits per heavy atom. The zero-order valence-corrected chi connectivity index (χ0v) is 14.2. The van der Waals surface area contributed by atoms with Gasteiger partial charge in [-0.2, -0.15) is 0 Å². The molecule has 2 aromatic rings. The summed E-state index contributed by atoms with van der Waals surface area (Å²) < 4.78 is 0. The summed E-state index contributed by atoms with van der Waals surface area (Å²) in [6.07, 6.45) is 5.74. The first-order valence-corrected chi connectivity index (χ1v) is 8.92. The molecule has 25 heavy (non-hydrogen) atoms. The van der Waals surface area contributed by atoms with Crippen LogP contribution in [0.1, 0.15) is 24.4 Å². The van der Waals surface area contributed by atoms with Gasteiger partial charge in [-0.05, 0) is 24.5 Å². The van der Waals surface area contributed by atoms with E-state index in [0.29, 0.717) is 6.04 Å². The van der Waals surface area contributed by atoms with Gasteiger partial charge < -0.3 is 10.2 Å². The third-order valence-corrected chi connectivity index (χ3v) is 4.80. The Bertz CT molecular complexity index is 696. The van der Waals surface area contributed by atoms with Crippen LogP contribution in [-0.2, 0) is 4.79 Å². The second kappa shape index (κ2) is 7.19. The van der Waals surface area contributed by atoms with E-state index in [1.165, 1.54) is 0 Å². The standard InChI is InChI=1S/C19H23N5O/c25-18(22-16-7-8-16)17(15-5-2-1-3-6-15)23-11-13-24(14-12-23)19-20-9-4-10-21-19/h1-6,9-10,16-17H,7-8,11-14H2,(H,22,25)/t17-/m0/s1. The number of amides is 1. The van der Waals surface area contributed by atoms with E-state index in [2.05, 4.69) is 25.1 Å². The van der Waals surface area contributed by atoms with Crippen molar-refractivity contribution in [3.05, 3.63) is 54.4 Å². The number of hydrogen-bond acceptors (Lipinski definition) is 5. The average Bonchev–Trinajstić information content (AvgIpc) is 3.48. The number of carbonyl (C=O) groups is 1. The number of piperazine rings is 1. The third kappa shape index (κ3) is 3.79. The van der Waals surface area contributed by atoms with Crippen LogP contribution in [0, 0.1) is 0 Å². The Labute approximate surface area is 147 Å². The topological polar surface area (TPSA) is 61.4 Å². The first-order chi connectivity index (χ1) is 12.3. The second-order valence-electron chi connectivity index (χ2n) is 6.67. The van der Waals surface area contributed by atoms with Crippen molar-refractivity contribution in [3.8, 4) is 0 Å². The molecule has 6 heteroatoms. The molecule has 1 atom stereocenters. The van der Waals surface area contributed by atoms with E-state index in [1.54, 1.807) is 12.4 Å². The molecule has 0 spiro atoms. The summed E-state index contributed by atoms with van der Waals surface area (Å²) in [5, 5.41) is 3.17. The molecule has 1 amide bonds. The predicted molar refractivity (Wildman–Crippen MR) is 96.2 cm³/mol. The minimum absolute atomic E-state index is 0.123. The maximum atomic E-state index is 12.9. The van der Waals surface area contributed by atoms with E-state index < -0.39 is 0 Å². The summed E-state index contributed by atoms with van der Waals surface area (Å²) in [6, 6.07) is 12.1. The molecule has 6 nitrogen and oxygen atoms in total. The number of anilines is 1. The van der Waals surface area contributed by atoms with E-state index in [1.807, 2.05) is 36.4 Å². The number of benzene rings is 1. The van der Waals surface area contributed by atoms with Gasteiger partial charge in [0.1, 0.15) is 6.04 Å². The van der Waals surface area contributed by atoms with Crippen LogP contribution in [0.5, 0.6) is 0 Å². The molecule has 1 saturated heterocycles. The number of carbonyl (C=O) groups excluding carboxylic acids is 1. The summed E-state index contributed by atoms with van der Waals surface area (Å²) >= 11 is 0. The van der Waals surface area contributed by atoms with Crippen molar-refractivity contribution in [2.75, 3.05) is 31.1 Å². The average molecular weight is 337 g/mol. The van der Waals surface area contributed by atoms with Gasteiger partial charge in [-0.3, -0.25) is 9.69 Å². The maximum absolute atomic E-state index is 12.9. The van der Waals surface area contributed by atoms with Crippen molar-refractivity contribution < 1.29 is 4.79 Å². The van der Waals surface area contributed by atoms with Crippen LogP contribution in [0.25, 0.3) is 0 Å². The Balaban J connectivity index is 1.47. The Morgan fingerprint density at radius 1 is 1.00 bits per heavy atom. The van der Waals surface area contributed by atoms with Crippen molar-refractivity contribution in [1.82, 2.24) is 20.2 Å². The molecule has 4 rings (SSSR count). The number of rotatable bonds is 5. The Morgan fingerprint density at radius 3 is 2.32 bits per heavy atom. The lowest BCUT2D eigenvalue weighted by Gasteiger charge is -2.38. The minimum atomic E-state index is -0.222. The SMILES string of the molecule is O=C(NC1CC1)[C@H](c1ccccc1)N1CCN(c2ncccn2)CC1. The van der Waals surface area contributed by atoms with Gasteiger partial charge in [0, 0.05) is 44.6 Å².